The summed E-state index contributed by atoms with van der Waals surface area (Å²) >= 11 is 0. The van der Waals surface area contributed by atoms with E-state index in [-0.39, 0.29) is 17.6 Å². The maximum atomic E-state index is 13.0. The molecule has 1 saturated heterocycles. The minimum absolute atomic E-state index is 0.192. The van der Waals surface area contributed by atoms with Crippen molar-refractivity contribution in [2.45, 2.75) is 18.9 Å². The fourth-order valence-corrected chi connectivity index (χ4v) is 5.85. The first-order chi connectivity index (χ1) is 15.0. The summed E-state index contributed by atoms with van der Waals surface area (Å²) in [5, 5.41) is 8.51. The maximum Gasteiger partial charge on any atom is 0.326 e. The second kappa shape index (κ2) is 7.38. The van der Waals surface area contributed by atoms with Gasteiger partial charge in [-0.25, -0.2) is 4.31 Å². The number of hydrogen-bond donors (Lipinski definition) is 0. The molecule has 2 aliphatic rings. The number of fused-ring (bicyclic) bond motifs is 1. The highest BCUT2D eigenvalue weighted by Gasteiger charge is 2.43. The summed E-state index contributed by atoms with van der Waals surface area (Å²) in [6, 6.07) is 16.5. The van der Waals surface area contributed by atoms with Crippen molar-refractivity contribution >= 4 is 27.5 Å². The summed E-state index contributed by atoms with van der Waals surface area (Å²) in [5.41, 5.74) is 2.43. The summed E-state index contributed by atoms with van der Waals surface area (Å²) in [4.78, 5) is 16.1. The number of carbonyl (C=O) groups excluding carboxylic acids is 1. The van der Waals surface area contributed by atoms with E-state index in [4.69, 9.17) is 0 Å². The Morgan fingerprint density at radius 3 is 2.32 bits per heavy atom. The van der Waals surface area contributed by atoms with Gasteiger partial charge < -0.3 is 4.90 Å². The first-order valence-corrected chi connectivity index (χ1v) is 11.5. The summed E-state index contributed by atoms with van der Waals surface area (Å²) in [6.07, 6.45) is 2.58. The zero-order chi connectivity index (χ0) is 21.6. The van der Waals surface area contributed by atoms with E-state index >= 15 is 0 Å². The number of likely N-dealkylation sites (tertiary alicyclic amines) is 1. The lowest BCUT2D eigenvalue weighted by Gasteiger charge is -2.36. The van der Waals surface area contributed by atoms with Gasteiger partial charge in [0.15, 0.2) is 5.69 Å². The molecule has 160 valence electrons. The van der Waals surface area contributed by atoms with Gasteiger partial charge in [0, 0.05) is 20.1 Å². The highest BCUT2D eigenvalue weighted by atomic mass is 32.2. The number of anilines is 2. The molecule has 0 N–H and O–H groups in total. The molecular weight excluding hydrogens is 416 g/mol. The van der Waals surface area contributed by atoms with Crippen LogP contribution < -0.4 is 8.61 Å². The van der Waals surface area contributed by atoms with Crippen LogP contribution in [-0.4, -0.2) is 60.4 Å². The number of amides is 1. The highest BCUT2D eigenvalue weighted by molar-refractivity contribution is 7.94. The zero-order valence-corrected chi connectivity index (χ0v) is 17.8. The number of hydrogen-bond acceptors (Lipinski definition) is 5. The Kier molecular flexibility index (Phi) is 4.66. The normalized spacial score (nSPS) is 18.3. The van der Waals surface area contributed by atoms with E-state index < -0.39 is 10.2 Å². The number of carbonyl (C=O) groups is 1. The average molecular weight is 439 g/mol. The van der Waals surface area contributed by atoms with Crippen LogP contribution in [0.2, 0.25) is 0 Å². The Balaban J connectivity index is 1.30. The first kappa shape index (κ1) is 19.6. The summed E-state index contributed by atoms with van der Waals surface area (Å²) in [6.45, 7) is 0.916. The molecule has 1 aromatic heterocycles. The van der Waals surface area contributed by atoms with E-state index in [1.54, 1.807) is 11.9 Å². The number of para-hydroxylation sites is 3. The van der Waals surface area contributed by atoms with Crippen LogP contribution in [0.15, 0.2) is 60.8 Å². The van der Waals surface area contributed by atoms with Gasteiger partial charge in [-0.05, 0) is 37.1 Å². The Morgan fingerprint density at radius 1 is 0.968 bits per heavy atom. The molecule has 1 amide bonds. The first-order valence-electron chi connectivity index (χ1n) is 10.1. The van der Waals surface area contributed by atoms with Gasteiger partial charge in [0.1, 0.15) is 0 Å². The molecule has 0 bridgehead atoms. The van der Waals surface area contributed by atoms with Crippen LogP contribution >= 0.6 is 0 Å². The lowest BCUT2D eigenvalue weighted by Crippen LogP contribution is -2.49. The topological polar surface area (TPSA) is 91.6 Å². The van der Waals surface area contributed by atoms with Crippen molar-refractivity contribution in [3.8, 4) is 5.69 Å². The molecule has 5 rings (SSSR count). The SMILES string of the molecule is CN1c2ccccc2N(C2CCN(C(=O)c3cnn(-c4ccccc4)n3)CC2)S1(=O)=O. The molecule has 2 aromatic carbocycles. The summed E-state index contributed by atoms with van der Waals surface area (Å²) in [7, 11) is -2.03. The standard InChI is InChI=1S/C21H22N6O3S/c1-24-19-9-5-6-10-20(19)26(31(24,29)30)16-11-13-25(14-12-16)21(28)18-15-22-27(23-18)17-7-3-2-4-8-17/h2-10,15-16H,11-14H2,1H3. The fraction of sp³-hybridized carbons (Fsp3) is 0.286. The van der Waals surface area contributed by atoms with E-state index in [1.807, 2.05) is 54.6 Å². The van der Waals surface area contributed by atoms with Crippen molar-refractivity contribution in [3.63, 3.8) is 0 Å². The summed E-state index contributed by atoms with van der Waals surface area (Å²) < 4.78 is 28.8. The second-order valence-electron chi connectivity index (χ2n) is 7.64. The summed E-state index contributed by atoms with van der Waals surface area (Å²) in [5.74, 6) is -0.192. The van der Waals surface area contributed by atoms with Gasteiger partial charge in [0.2, 0.25) is 0 Å². The van der Waals surface area contributed by atoms with Crippen molar-refractivity contribution in [2.75, 3.05) is 28.7 Å². The second-order valence-corrected chi connectivity index (χ2v) is 9.47. The van der Waals surface area contributed by atoms with Crippen molar-refractivity contribution in [1.29, 1.82) is 0 Å². The molecule has 0 spiro atoms. The largest absolute Gasteiger partial charge is 0.337 e. The molecule has 3 aromatic rings. The minimum Gasteiger partial charge on any atom is -0.337 e. The van der Waals surface area contributed by atoms with Gasteiger partial charge in [-0.3, -0.25) is 9.10 Å². The molecule has 2 aliphatic heterocycles. The lowest BCUT2D eigenvalue weighted by molar-refractivity contribution is 0.0709. The molecule has 10 heteroatoms. The molecule has 3 heterocycles. The number of rotatable bonds is 3. The van der Waals surface area contributed by atoms with Crippen molar-refractivity contribution in [1.82, 2.24) is 19.9 Å². The van der Waals surface area contributed by atoms with Gasteiger partial charge in [-0.15, -0.1) is 5.10 Å². The zero-order valence-electron chi connectivity index (χ0n) is 17.0. The molecule has 0 unspecified atom stereocenters. The van der Waals surface area contributed by atoms with Crippen LogP contribution in [0.3, 0.4) is 0 Å². The quantitative estimate of drug-likeness (QED) is 0.624. The third-order valence-electron chi connectivity index (χ3n) is 5.83. The number of benzene rings is 2. The Bertz CT molecular complexity index is 1220. The highest BCUT2D eigenvalue weighted by Crippen LogP contribution is 2.42. The number of piperidine rings is 1. The van der Waals surface area contributed by atoms with E-state index in [0.29, 0.717) is 37.3 Å². The van der Waals surface area contributed by atoms with Crippen LogP contribution in [0, 0.1) is 0 Å². The van der Waals surface area contributed by atoms with Gasteiger partial charge in [0.05, 0.1) is 29.3 Å². The molecule has 0 atom stereocenters. The van der Waals surface area contributed by atoms with Crippen LogP contribution in [0.1, 0.15) is 23.3 Å². The van der Waals surface area contributed by atoms with Crippen LogP contribution in [0.5, 0.6) is 0 Å². The van der Waals surface area contributed by atoms with Gasteiger partial charge in [-0.2, -0.15) is 18.3 Å². The molecule has 0 radical (unpaired) electrons. The molecule has 0 aliphatic carbocycles. The third kappa shape index (κ3) is 3.23. The Hall–Kier alpha value is -3.40. The van der Waals surface area contributed by atoms with Crippen LogP contribution in [0.25, 0.3) is 5.69 Å². The van der Waals surface area contributed by atoms with Gasteiger partial charge in [0.25, 0.3) is 5.91 Å². The van der Waals surface area contributed by atoms with Crippen molar-refractivity contribution < 1.29 is 13.2 Å². The fourth-order valence-electron chi connectivity index (χ4n) is 4.19. The Labute approximate surface area is 180 Å². The van der Waals surface area contributed by atoms with Gasteiger partial charge in [-0.1, -0.05) is 30.3 Å². The van der Waals surface area contributed by atoms with E-state index in [9.17, 15) is 13.2 Å². The smallest absolute Gasteiger partial charge is 0.326 e. The third-order valence-corrected chi connectivity index (χ3v) is 7.72. The Morgan fingerprint density at radius 2 is 1.61 bits per heavy atom. The molecule has 31 heavy (non-hydrogen) atoms. The van der Waals surface area contributed by atoms with Crippen LogP contribution in [0.4, 0.5) is 11.4 Å². The van der Waals surface area contributed by atoms with Crippen molar-refractivity contribution in [3.05, 3.63) is 66.5 Å². The maximum absolute atomic E-state index is 13.0. The predicted octanol–water partition coefficient (Wildman–Crippen LogP) is 2.07. The predicted molar refractivity (Wildman–Crippen MR) is 117 cm³/mol. The number of aromatic nitrogens is 3. The molecular formula is C21H22N6O3S. The van der Waals surface area contributed by atoms with Gasteiger partial charge >= 0.3 is 10.2 Å². The number of nitrogens with zero attached hydrogens (tertiary/aromatic N) is 6. The minimum atomic E-state index is -3.60. The lowest BCUT2D eigenvalue weighted by atomic mass is 10.0. The van der Waals surface area contributed by atoms with Crippen LogP contribution in [-0.2, 0) is 10.2 Å². The molecule has 0 saturated carbocycles. The van der Waals surface area contributed by atoms with Crippen molar-refractivity contribution in [2.24, 2.45) is 0 Å². The molecule has 1 fully saturated rings. The van der Waals surface area contributed by atoms with E-state index in [2.05, 4.69) is 10.2 Å². The monoisotopic (exact) mass is 438 g/mol. The van der Waals surface area contributed by atoms with E-state index in [1.165, 1.54) is 19.6 Å². The average Bonchev–Trinajstić information content (AvgIpc) is 3.36. The van der Waals surface area contributed by atoms with E-state index in [0.717, 1.165) is 5.69 Å². The molecule has 9 nitrogen and oxygen atoms in total.